The van der Waals surface area contributed by atoms with E-state index in [0.29, 0.717) is 41.9 Å². The maximum Gasteiger partial charge on any atom is 0.257 e. The molecule has 0 aliphatic carbocycles. The molecule has 1 fully saturated rings. The maximum absolute atomic E-state index is 13.0. The average Bonchev–Trinajstić information content (AvgIpc) is 3.43. The lowest BCUT2D eigenvalue weighted by Gasteiger charge is -2.18. The molecule has 1 amide bonds. The van der Waals surface area contributed by atoms with E-state index >= 15 is 0 Å². The van der Waals surface area contributed by atoms with Crippen LogP contribution in [0, 0.1) is 5.92 Å². The average molecular weight is 393 g/mol. The molecule has 8 heteroatoms. The molecule has 8 nitrogen and oxygen atoms in total. The van der Waals surface area contributed by atoms with Gasteiger partial charge in [-0.3, -0.25) is 14.9 Å². The highest BCUT2D eigenvalue weighted by molar-refractivity contribution is 5.97. The molecule has 3 heterocycles. The Morgan fingerprint density at radius 2 is 2.03 bits per heavy atom. The summed E-state index contributed by atoms with van der Waals surface area (Å²) in [7, 11) is 3.15. The van der Waals surface area contributed by atoms with Crippen molar-refractivity contribution >= 4 is 5.91 Å². The second-order valence-electron chi connectivity index (χ2n) is 7.02. The van der Waals surface area contributed by atoms with Gasteiger partial charge in [-0.2, -0.15) is 5.10 Å². The largest absolute Gasteiger partial charge is 0.497 e. The van der Waals surface area contributed by atoms with Gasteiger partial charge in [-0.15, -0.1) is 0 Å². The van der Waals surface area contributed by atoms with Crippen LogP contribution in [-0.2, 0) is 6.42 Å². The minimum Gasteiger partial charge on any atom is -0.497 e. The van der Waals surface area contributed by atoms with Gasteiger partial charge in [0, 0.05) is 43.5 Å². The number of amides is 1. The fourth-order valence-corrected chi connectivity index (χ4v) is 3.62. The Hall–Kier alpha value is -3.42. The minimum absolute atomic E-state index is 0.0259. The van der Waals surface area contributed by atoms with Crippen LogP contribution in [0.4, 0.5) is 0 Å². The SMILES string of the molecule is COc1ccc(C(=O)N2CCC(Cc3nc(-c4ccncc4)n[nH]3)C2)c(OC)c1. The van der Waals surface area contributed by atoms with Gasteiger partial charge >= 0.3 is 0 Å². The number of nitrogens with zero attached hydrogens (tertiary/aromatic N) is 4. The molecule has 0 radical (unpaired) electrons. The summed E-state index contributed by atoms with van der Waals surface area (Å²) in [6.07, 6.45) is 5.12. The summed E-state index contributed by atoms with van der Waals surface area (Å²) in [5.41, 5.74) is 1.48. The van der Waals surface area contributed by atoms with Crippen LogP contribution in [0.3, 0.4) is 0 Å². The summed E-state index contributed by atoms with van der Waals surface area (Å²) in [5, 5.41) is 7.32. The molecule has 1 unspecified atom stereocenters. The van der Waals surface area contributed by atoms with Crippen LogP contribution in [0.15, 0.2) is 42.7 Å². The van der Waals surface area contributed by atoms with Crippen molar-refractivity contribution in [3.63, 3.8) is 0 Å². The number of aromatic amines is 1. The van der Waals surface area contributed by atoms with Crippen LogP contribution in [0.1, 0.15) is 22.6 Å². The monoisotopic (exact) mass is 393 g/mol. The van der Waals surface area contributed by atoms with Crippen molar-refractivity contribution in [3.05, 3.63) is 54.1 Å². The number of ether oxygens (including phenoxy) is 2. The minimum atomic E-state index is -0.0259. The number of carbonyl (C=O) groups is 1. The van der Waals surface area contributed by atoms with E-state index in [4.69, 9.17) is 9.47 Å². The number of nitrogens with one attached hydrogen (secondary N) is 1. The topological polar surface area (TPSA) is 93.2 Å². The van der Waals surface area contributed by atoms with Crippen molar-refractivity contribution in [3.8, 4) is 22.9 Å². The molecule has 0 spiro atoms. The first-order valence-corrected chi connectivity index (χ1v) is 9.51. The number of hydrogen-bond acceptors (Lipinski definition) is 6. The lowest BCUT2D eigenvalue weighted by Crippen LogP contribution is -2.29. The molecule has 1 saturated heterocycles. The van der Waals surface area contributed by atoms with E-state index in [9.17, 15) is 4.79 Å². The number of rotatable bonds is 6. The molecule has 1 aliphatic rings. The number of likely N-dealkylation sites (tertiary alicyclic amines) is 1. The van der Waals surface area contributed by atoms with E-state index in [1.54, 1.807) is 44.8 Å². The third-order valence-electron chi connectivity index (χ3n) is 5.16. The van der Waals surface area contributed by atoms with E-state index in [0.717, 1.165) is 24.2 Å². The summed E-state index contributed by atoms with van der Waals surface area (Å²) in [5.74, 6) is 2.99. The van der Waals surface area contributed by atoms with Crippen molar-refractivity contribution < 1.29 is 14.3 Å². The third-order valence-corrected chi connectivity index (χ3v) is 5.16. The van der Waals surface area contributed by atoms with Crippen LogP contribution in [-0.4, -0.2) is 58.3 Å². The predicted molar refractivity (Wildman–Crippen MR) is 107 cm³/mol. The van der Waals surface area contributed by atoms with Gasteiger partial charge in [0.1, 0.15) is 17.3 Å². The van der Waals surface area contributed by atoms with Gasteiger partial charge < -0.3 is 14.4 Å². The second-order valence-corrected chi connectivity index (χ2v) is 7.02. The fraction of sp³-hybridized carbons (Fsp3) is 0.333. The van der Waals surface area contributed by atoms with Crippen LogP contribution in [0.2, 0.25) is 0 Å². The summed E-state index contributed by atoms with van der Waals surface area (Å²) < 4.78 is 10.6. The normalized spacial score (nSPS) is 16.1. The molecule has 4 rings (SSSR count). The maximum atomic E-state index is 13.0. The molecule has 1 aromatic carbocycles. The standard InChI is InChI=1S/C21H23N5O3/c1-28-16-3-4-17(18(12-16)29-2)21(27)26-10-7-14(13-26)11-19-23-20(25-24-19)15-5-8-22-9-6-15/h3-6,8-9,12,14H,7,10-11,13H2,1-2H3,(H,23,24,25). The Morgan fingerprint density at radius 3 is 2.79 bits per heavy atom. The molecular weight excluding hydrogens is 370 g/mol. The number of hydrogen-bond donors (Lipinski definition) is 1. The molecule has 2 aromatic heterocycles. The quantitative estimate of drug-likeness (QED) is 0.692. The van der Waals surface area contributed by atoms with Crippen molar-refractivity contribution in [1.29, 1.82) is 0 Å². The molecule has 1 aliphatic heterocycles. The molecule has 0 bridgehead atoms. The zero-order valence-corrected chi connectivity index (χ0v) is 16.5. The van der Waals surface area contributed by atoms with E-state index in [1.807, 2.05) is 17.0 Å². The Kier molecular flexibility index (Phi) is 5.41. The van der Waals surface area contributed by atoms with E-state index in [2.05, 4.69) is 20.2 Å². The number of benzene rings is 1. The first-order chi connectivity index (χ1) is 14.2. The predicted octanol–water partition coefficient (Wildman–Crippen LogP) is 2.59. The summed E-state index contributed by atoms with van der Waals surface area (Å²) in [6, 6.07) is 9.02. The van der Waals surface area contributed by atoms with Gasteiger partial charge in [-0.25, -0.2) is 4.98 Å². The fourth-order valence-electron chi connectivity index (χ4n) is 3.62. The zero-order chi connectivity index (χ0) is 20.2. The summed E-state index contributed by atoms with van der Waals surface area (Å²) in [6.45, 7) is 1.39. The number of carbonyl (C=O) groups excluding carboxylic acids is 1. The van der Waals surface area contributed by atoms with E-state index in [1.165, 1.54) is 0 Å². The van der Waals surface area contributed by atoms with Crippen molar-refractivity contribution in [2.75, 3.05) is 27.3 Å². The number of H-pyrrole nitrogens is 1. The van der Waals surface area contributed by atoms with E-state index < -0.39 is 0 Å². The molecule has 1 atom stereocenters. The highest BCUT2D eigenvalue weighted by atomic mass is 16.5. The van der Waals surface area contributed by atoms with Crippen molar-refractivity contribution in [1.82, 2.24) is 25.1 Å². The second kappa shape index (κ2) is 8.30. The summed E-state index contributed by atoms with van der Waals surface area (Å²) in [4.78, 5) is 23.4. The molecule has 150 valence electrons. The Labute approximate surface area is 168 Å². The van der Waals surface area contributed by atoms with Gasteiger partial charge in [-0.1, -0.05) is 0 Å². The van der Waals surface area contributed by atoms with Crippen molar-refractivity contribution in [2.24, 2.45) is 5.92 Å². The van der Waals surface area contributed by atoms with Gasteiger partial charge in [0.25, 0.3) is 5.91 Å². The van der Waals surface area contributed by atoms with Crippen molar-refractivity contribution in [2.45, 2.75) is 12.8 Å². The lowest BCUT2D eigenvalue weighted by atomic mass is 10.0. The van der Waals surface area contributed by atoms with Gasteiger partial charge in [0.2, 0.25) is 0 Å². The third kappa shape index (κ3) is 4.06. The number of methoxy groups -OCH3 is 2. The first-order valence-electron chi connectivity index (χ1n) is 9.51. The van der Waals surface area contributed by atoms with Crippen LogP contribution in [0.5, 0.6) is 11.5 Å². The Balaban J connectivity index is 1.41. The molecular formula is C21H23N5O3. The smallest absolute Gasteiger partial charge is 0.257 e. The van der Waals surface area contributed by atoms with Gasteiger partial charge in [0.15, 0.2) is 5.82 Å². The first kappa shape index (κ1) is 18.9. The molecule has 1 N–H and O–H groups in total. The van der Waals surface area contributed by atoms with Gasteiger partial charge in [0.05, 0.1) is 19.8 Å². The molecule has 3 aromatic rings. The lowest BCUT2D eigenvalue weighted by molar-refractivity contribution is 0.0783. The molecule has 29 heavy (non-hydrogen) atoms. The highest BCUT2D eigenvalue weighted by Crippen LogP contribution is 2.28. The number of pyridine rings is 1. The van der Waals surface area contributed by atoms with Crippen LogP contribution < -0.4 is 9.47 Å². The van der Waals surface area contributed by atoms with Crippen LogP contribution in [0.25, 0.3) is 11.4 Å². The van der Waals surface area contributed by atoms with Gasteiger partial charge in [-0.05, 0) is 36.6 Å². The Bertz CT molecular complexity index is 989. The zero-order valence-electron chi connectivity index (χ0n) is 16.5. The number of aromatic nitrogens is 4. The summed E-state index contributed by atoms with van der Waals surface area (Å²) >= 11 is 0. The van der Waals surface area contributed by atoms with Crippen LogP contribution >= 0.6 is 0 Å². The highest BCUT2D eigenvalue weighted by Gasteiger charge is 2.29. The van der Waals surface area contributed by atoms with E-state index in [-0.39, 0.29) is 5.91 Å². The molecule has 0 saturated carbocycles. The Morgan fingerprint density at radius 1 is 1.21 bits per heavy atom.